The summed E-state index contributed by atoms with van der Waals surface area (Å²) in [7, 11) is 0. The van der Waals surface area contributed by atoms with Gasteiger partial charge in [-0.05, 0) is 30.0 Å². The van der Waals surface area contributed by atoms with Crippen LogP contribution in [0, 0.1) is 6.92 Å². The summed E-state index contributed by atoms with van der Waals surface area (Å²) >= 11 is 0. The Balaban J connectivity index is 2.15. The highest BCUT2D eigenvalue weighted by atomic mass is 16.4. The van der Waals surface area contributed by atoms with Gasteiger partial charge in [-0.3, -0.25) is 0 Å². The molecular formula is C20H21NO2. The van der Waals surface area contributed by atoms with Crippen molar-refractivity contribution in [2.45, 2.75) is 33.1 Å². The molecule has 3 rings (SSSR count). The van der Waals surface area contributed by atoms with Crippen LogP contribution in [0.5, 0.6) is 0 Å². The lowest BCUT2D eigenvalue weighted by Crippen LogP contribution is -2.10. The first-order chi connectivity index (χ1) is 10.9. The molecule has 118 valence electrons. The van der Waals surface area contributed by atoms with E-state index in [0.29, 0.717) is 16.7 Å². The van der Waals surface area contributed by atoms with Crippen LogP contribution in [0.3, 0.4) is 0 Å². The zero-order valence-electron chi connectivity index (χ0n) is 13.9. The molecule has 0 bridgehead atoms. The van der Waals surface area contributed by atoms with Gasteiger partial charge in [-0.2, -0.15) is 0 Å². The van der Waals surface area contributed by atoms with E-state index in [1.165, 1.54) is 5.56 Å². The highest BCUT2D eigenvalue weighted by Gasteiger charge is 2.14. The van der Waals surface area contributed by atoms with E-state index in [-0.39, 0.29) is 5.41 Å². The Hall–Kier alpha value is -2.55. The Bertz CT molecular complexity index is 913. The Morgan fingerprint density at radius 2 is 1.65 bits per heavy atom. The van der Waals surface area contributed by atoms with Crippen molar-refractivity contribution in [1.82, 2.24) is 0 Å². The number of rotatable bonds is 1. The molecule has 3 nitrogen and oxygen atoms in total. The number of fused-ring (bicyclic) bond motifs is 1. The van der Waals surface area contributed by atoms with Crippen molar-refractivity contribution >= 4 is 11.0 Å². The van der Waals surface area contributed by atoms with Gasteiger partial charge >= 0.3 is 0 Å². The van der Waals surface area contributed by atoms with Crippen molar-refractivity contribution in [2.24, 2.45) is 5.16 Å². The molecule has 1 N–H and O–H groups in total. The van der Waals surface area contributed by atoms with Crippen molar-refractivity contribution < 1.29 is 9.62 Å². The van der Waals surface area contributed by atoms with Gasteiger partial charge in [-0.15, -0.1) is 0 Å². The summed E-state index contributed by atoms with van der Waals surface area (Å²) in [5, 5.41) is 14.1. The Labute approximate surface area is 135 Å². The largest absolute Gasteiger partial charge is 0.456 e. The monoisotopic (exact) mass is 307 g/mol. The lowest BCUT2D eigenvalue weighted by atomic mass is 9.86. The quantitative estimate of drug-likeness (QED) is 0.508. The lowest BCUT2D eigenvalue weighted by Gasteiger charge is -2.19. The molecule has 0 aliphatic heterocycles. The molecule has 23 heavy (non-hydrogen) atoms. The van der Waals surface area contributed by atoms with E-state index in [2.05, 4.69) is 38.1 Å². The van der Waals surface area contributed by atoms with Gasteiger partial charge in [0, 0.05) is 17.0 Å². The van der Waals surface area contributed by atoms with Gasteiger partial charge in [0.1, 0.15) is 16.7 Å². The number of aryl methyl sites for hydroxylation is 1. The fraction of sp³-hybridized carbons (Fsp3) is 0.250. The highest BCUT2D eigenvalue weighted by Crippen LogP contribution is 2.27. The van der Waals surface area contributed by atoms with Gasteiger partial charge < -0.3 is 9.62 Å². The van der Waals surface area contributed by atoms with Crippen LogP contribution in [0.25, 0.3) is 22.3 Å². The molecule has 0 amide bonds. The van der Waals surface area contributed by atoms with Gasteiger partial charge in [-0.1, -0.05) is 61.8 Å². The molecule has 1 aromatic heterocycles. The van der Waals surface area contributed by atoms with Crippen molar-refractivity contribution in [3.8, 4) is 11.3 Å². The number of hydrogen-bond acceptors (Lipinski definition) is 3. The maximum absolute atomic E-state index is 9.33. The van der Waals surface area contributed by atoms with E-state index in [1.54, 1.807) is 6.07 Å². The molecule has 0 unspecified atom stereocenters. The van der Waals surface area contributed by atoms with E-state index in [9.17, 15) is 5.21 Å². The molecule has 0 saturated carbocycles. The number of benzene rings is 2. The molecule has 3 heteroatoms. The van der Waals surface area contributed by atoms with E-state index in [4.69, 9.17) is 4.42 Å². The summed E-state index contributed by atoms with van der Waals surface area (Å²) in [6.45, 7) is 8.56. The summed E-state index contributed by atoms with van der Waals surface area (Å²) in [5.74, 6) is 0.689. The standard InChI is InChI=1S/C20H21NO2/c1-13-5-10-18-16(11-13)17(21-22)12-19(23-18)14-6-8-15(9-7-14)20(2,3)4/h5-12,22H,1-4H3/b21-17+. The van der Waals surface area contributed by atoms with Gasteiger partial charge in [0.05, 0.1) is 0 Å². The second-order valence-electron chi connectivity index (χ2n) is 6.92. The van der Waals surface area contributed by atoms with Crippen LogP contribution in [0.15, 0.2) is 58.1 Å². The third-order valence-electron chi connectivity index (χ3n) is 4.04. The predicted octanol–water partition coefficient (Wildman–Crippen LogP) is 5.00. The van der Waals surface area contributed by atoms with Gasteiger partial charge in [0.15, 0.2) is 0 Å². The SMILES string of the molecule is Cc1ccc2oc(-c3ccc(C(C)(C)C)cc3)c/c(=N\O)c2c1. The minimum Gasteiger partial charge on any atom is -0.456 e. The zero-order chi connectivity index (χ0) is 16.6. The molecule has 0 saturated heterocycles. The van der Waals surface area contributed by atoms with Crippen LogP contribution in [0.4, 0.5) is 0 Å². The molecule has 1 heterocycles. The molecule has 0 fully saturated rings. The molecule has 0 aliphatic rings. The lowest BCUT2D eigenvalue weighted by molar-refractivity contribution is 0.302. The molecule has 0 atom stereocenters. The normalized spacial score (nSPS) is 12.8. The van der Waals surface area contributed by atoms with Crippen LogP contribution in [-0.2, 0) is 5.41 Å². The first-order valence-electron chi connectivity index (χ1n) is 7.72. The maximum Gasteiger partial charge on any atom is 0.137 e. The summed E-state index contributed by atoms with van der Waals surface area (Å²) in [6.07, 6.45) is 0. The molecule has 0 radical (unpaired) electrons. The first-order valence-corrected chi connectivity index (χ1v) is 7.72. The minimum atomic E-state index is 0.113. The molecule has 2 aromatic carbocycles. The molecule has 0 spiro atoms. The van der Waals surface area contributed by atoms with Crippen molar-refractivity contribution in [3.05, 3.63) is 65.0 Å². The Morgan fingerprint density at radius 3 is 2.26 bits per heavy atom. The van der Waals surface area contributed by atoms with E-state index < -0.39 is 0 Å². The van der Waals surface area contributed by atoms with Crippen LogP contribution in [0.2, 0.25) is 0 Å². The third kappa shape index (κ3) is 3.00. The number of hydrogen-bond donors (Lipinski definition) is 1. The predicted molar refractivity (Wildman–Crippen MR) is 92.4 cm³/mol. The molecule has 0 aliphatic carbocycles. The van der Waals surface area contributed by atoms with Gasteiger partial charge in [-0.25, -0.2) is 0 Å². The van der Waals surface area contributed by atoms with E-state index >= 15 is 0 Å². The fourth-order valence-electron chi connectivity index (χ4n) is 2.64. The second kappa shape index (κ2) is 5.58. The Morgan fingerprint density at radius 1 is 0.957 bits per heavy atom. The minimum absolute atomic E-state index is 0.113. The van der Waals surface area contributed by atoms with Gasteiger partial charge in [0.2, 0.25) is 0 Å². The van der Waals surface area contributed by atoms with Crippen molar-refractivity contribution in [3.63, 3.8) is 0 Å². The van der Waals surface area contributed by atoms with Crippen LogP contribution >= 0.6 is 0 Å². The summed E-state index contributed by atoms with van der Waals surface area (Å²) in [6, 6.07) is 15.9. The summed E-state index contributed by atoms with van der Waals surface area (Å²) < 4.78 is 6.00. The van der Waals surface area contributed by atoms with Crippen molar-refractivity contribution in [2.75, 3.05) is 0 Å². The zero-order valence-corrected chi connectivity index (χ0v) is 13.9. The second-order valence-corrected chi connectivity index (χ2v) is 6.92. The maximum atomic E-state index is 9.33. The van der Waals surface area contributed by atoms with Crippen LogP contribution < -0.4 is 5.36 Å². The van der Waals surface area contributed by atoms with E-state index in [1.807, 2.05) is 37.3 Å². The van der Waals surface area contributed by atoms with Crippen LogP contribution in [-0.4, -0.2) is 5.21 Å². The molecular weight excluding hydrogens is 286 g/mol. The average Bonchev–Trinajstić information content (AvgIpc) is 2.53. The van der Waals surface area contributed by atoms with E-state index in [0.717, 1.165) is 16.5 Å². The van der Waals surface area contributed by atoms with Crippen LogP contribution in [0.1, 0.15) is 31.9 Å². The summed E-state index contributed by atoms with van der Waals surface area (Å²) in [5.41, 5.74) is 4.15. The Kier molecular flexibility index (Phi) is 3.72. The third-order valence-corrected chi connectivity index (χ3v) is 4.04. The first kappa shape index (κ1) is 15.3. The number of nitrogens with zero attached hydrogens (tertiary/aromatic N) is 1. The fourth-order valence-corrected chi connectivity index (χ4v) is 2.64. The van der Waals surface area contributed by atoms with Crippen molar-refractivity contribution in [1.29, 1.82) is 0 Å². The average molecular weight is 307 g/mol. The smallest absolute Gasteiger partial charge is 0.137 e. The highest BCUT2D eigenvalue weighted by molar-refractivity contribution is 5.79. The molecule has 3 aromatic rings. The summed E-state index contributed by atoms with van der Waals surface area (Å²) in [4.78, 5) is 0. The topological polar surface area (TPSA) is 45.7 Å². The van der Waals surface area contributed by atoms with Gasteiger partial charge in [0.25, 0.3) is 0 Å².